The van der Waals surface area contributed by atoms with E-state index in [4.69, 9.17) is 0 Å². The standard InChI is InChI=1S/C24H21N3O5S/c28-19-8-6-17(7-9-19)23(29)26-13-12-18-14-20(10-11-22(18)26)33(31,32)27-15-21(25-24(27)30)16-4-2-1-3-5-16/h1-11,14,21,28H,12-13,15H2,(H,25,30). The summed E-state index contributed by atoms with van der Waals surface area (Å²) in [4.78, 5) is 27.0. The summed E-state index contributed by atoms with van der Waals surface area (Å²) in [7, 11) is -4.05. The Kier molecular flexibility index (Phi) is 5.05. The first-order valence-electron chi connectivity index (χ1n) is 10.5. The lowest BCUT2D eigenvalue weighted by Gasteiger charge is -2.19. The van der Waals surface area contributed by atoms with Gasteiger partial charge in [0, 0.05) is 17.8 Å². The van der Waals surface area contributed by atoms with Gasteiger partial charge in [0.15, 0.2) is 0 Å². The predicted octanol–water partition coefficient (Wildman–Crippen LogP) is 3.05. The van der Waals surface area contributed by atoms with Crippen molar-refractivity contribution in [2.24, 2.45) is 0 Å². The summed E-state index contributed by atoms with van der Waals surface area (Å²) in [6.45, 7) is 0.423. The summed E-state index contributed by atoms with van der Waals surface area (Å²) in [5.74, 6) is -0.155. The Balaban J connectivity index is 1.39. The second-order valence-corrected chi connectivity index (χ2v) is 9.86. The molecule has 0 radical (unpaired) electrons. The number of carbonyl (C=O) groups excluding carboxylic acids is 2. The zero-order valence-corrected chi connectivity index (χ0v) is 18.3. The molecule has 1 unspecified atom stereocenters. The lowest BCUT2D eigenvalue weighted by Crippen LogP contribution is -2.34. The van der Waals surface area contributed by atoms with Crippen LogP contribution in [0.3, 0.4) is 0 Å². The molecule has 8 nitrogen and oxygen atoms in total. The topological polar surface area (TPSA) is 107 Å². The zero-order valence-electron chi connectivity index (χ0n) is 17.5. The van der Waals surface area contributed by atoms with E-state index >= 15 is 0 Å². The maximum Gasteiger partial charge on any atom is 0.331 e. The van der Waals surface area contributed by atoms with Crippen molar-refractivity contribution in [1.29, 1.82) is 0 Å². The molecule has 0 aliphatic carbocycles. The zero-order chi connectivity index (χ0) is 23.2. The summed E-state index contributed by atoms with van der Waals surface area (Å²) >= 11 is 0. The minimum absolute atomic E-state index is 0.00767. The number of amides is 3. The molecule has 3 amide bonds. The highest BCUT2D eigenvalue weighted by molar-refractivity contribution is 7.89. The van der Waals surface area contributed by atoms with Gasteiger partial charge in [0.05, 0.1) is 17.5 Å². The van der Waals surface area contributed by atoms with Gasteiger partial charge in [-0.2, -0.15) is 0 Å². The molecular weight excluding hydrogens is 442 g/mol. The number of sulfonamides is 1. The van der Waals surface area contributed by atoms with Gasteiger partial charge in [-0.15, -0.1) is 0 Å². The number of hydrogen-bond acceptors (Lipinski definition) is 5. The van der Waals surface area contributed by atoms with Crippen LogP contribution in [0.4, 0.5) is 10.5 Å². The first-order chi connectivity index (χ1) is 15.8. The van der Waals surface area contributed by atoms with Crippen LogP contribution in [0, 0.1) is 0 Å². The van der Waals surface area contributed by atoms with E-state index in [0.717, 1.165) is 15.4 Å². The molecule has 5 rings (SSSR count). The fraction of sp³-hybridized carbons (Fsp3) is 0.167. The molecule has 1 atom stereocenters. The molecule has 3 aromatic rings. The lowest BCUT2D eigenvalue weighted by molar-refractivity contribution is 0.0989. The van der Waals surface area contributed by atoms with Crippen LogP contribution in [0.5, 0.6) is 5.75 Å². The van der Waals surface area contributed by atoms with Gasteiger partial charge >= 0.3 is 6.03 Å². The number of phenols is 1. The molecule has 1 fully saturated rings. The maximum atomic E-state index is 13.3. The molecule has 3 aromatic carbocycles. The van der Waals surface area contributed by atoms with E-state index in [0.29, 0.717) is 24.2 Å². The van der Waals surface area contributed by atoms with Crippen molar-refractivity contribution in [2.75, 3.05) is 18.0 Å². The number of nitrogens with one attached hydrogen (secondary N) is 1. The van der Waals surface area contributed by atoms with Gasteiger partial charge in [0.1, 0.15) is 5.75 Å². The number of phenolic OH excluding ortho intramolecular Hbond substituents is 1. The molecule has 168 valence electrons. The SMILES string of the molecule is O=C(c1ccc(O)cc1)N1CCc2cc(S(=O)(=O)N3CC(c4ccccc4)NC3=O)ccc21. The molecular formula is C24H21N3O5S. The number of hydrogen-bond donors (Lipinski definition) is 2. The lowest BCUT2D eigenvalue weighted by atomic mass is 10.1. The minimum atomic E-state index is -4.05. The van der Waals surface area contributed by atoms with E-state index in [9.17, 15) is 23.1 Å². The Labute approximate surface area is 191 Å². The third-order valence-electron chi connectivity index (χ3n) is 5.97. The van der Waals surface area contributed by atoms with Crippen LogP contribution in [0.25, 0.3) is 0 Å². The predicted molar refractivity (Wildman–Crippen MR) is 122 cm³/mol. The Morgan fingerprint density at radius 2 is 1.73 bits per heavy atom. The number of fused-ring (bicyclic) bond motifs is 1. The smallest absolute Gasteiger partial charge is 0.331 e. The number of rotatable bonds is 4. The van der Waals surface area contributed by atoms with Crippen molar-refractivity contribution in [3.8, 4) is 5.75 Å². The van der Waals surface area contributed by atoms with Crippen molar-refractivity contribution in [2.45, 2.75) is 17.4 Å². The van der Waals surface area contributed by atoms with E-state index < -0.39 is 22.1 Å². The second kappa shape index (κ2) is 7.93. The highest BCUT2D eigenvalue weighted by atomic mass is 32.2. The van der Waals surface area contributed by atoms with E-state index in [2.05, 4.69) is 5.32 Å². The summed E-state index contributed by atoms with van der Waals surface area (Å²) < 4.78 is 27.4. The second-order valence-electron chi connectivity index (χ2n) is 7.99. The maximum absolute atomic E-state index is 13.3. The average Bonchev–Trinajstić information content (AvgIpc) is 3.43. The van der Waals surface area contributed by atoms with Crippen LogP contribution >= 0.6 is 0 Å². The van der Waals surface area contributed by atoms with Crippen molar-refractivity contribution < 1.29 is 23.1 Å². The molecule has 2 aliphatic heterocycles. The molecule has 2 heterocycles. The Morgan fingerprint density at radius 1 is 1.00 bits per heavy atom. The number of anilines is 1. The van der Waals surface area contributed by atoms with Crippen LogP contribution in [0.1, 0.15) is 27.5 Å². The van der Waals surface area contributed by atoms with Gasteiger partial charge in [-0.1, -0.05) is 30.3 Å². The fourth-order valence-corrected chi connectivity index (χ4v) is 5.64. The largest absolute Gasteiger partial charge is 0.508 e. The third-order valence-corrected chi connectivity index (χ3v) is 7.71. The quantitative estimate of drug-likeness (QED) is 0.619. The van der Waals surface area contributed by atoms with Crippen molar-refractivity contribution in [3.05, 3.63) is 89.5 Å². The summed E-state index contributed by atoms with van der Waals surface area (Å²) in [5, 5.41) is 12.2. The molecule has 2 N–H and O–H groups in total. The van der Waals surface area contributed by atoms with E-state index in [1.54, 1.807) is 23.1 Å². The molecule has 2 aliphatic rings. The van der Waals surface area contributed by atoms with Crippen molar-refractivity contribution >= 4 is 27.6 Å². The van der Waals surface area contributed by atoms with E-state index in [1.165, 1.54) is 24.3 Å². The van der Waals surface area contributed by atoms with Crippen molar-refractivity contribution in [3.63, 3.8) is 0 Å². The number of aromatic hydroxyl groups is 1. The van der Waals surface area contributed by atoms with Gasteiger partial charge in [-0.05, 0) is 60.0 Å². The van der Waals surface area contributed by atoms with Crippen LogP contribution in [-0.4, -0.2) is 42.9 Å². The number of carbonyl (C=O) groups is 2. The minimum Gasteiger partial charge on any atom is -0.508 e. The molecule has 0 saturated carbocycles. The normalized spacial score (nSPS) is 17.7. The third kappa shape index (κ3) is 3.70. The van der Waals surface area contributed by atoms with Gasteiger partial charge in [0.2, 0.25) is 0 Å². The van der Waals surface area contributed by atoms with Crippen LogP contribution in [-0.2, 0) is 16.4 Å². The van der Waals surface area contributed by atoms with E-state index in [1.807, 2.05) is 30.3 Å². The van der Waals surface area contributed by atoms with Crippen LogP contribution < -0.4 is 10.2 Å². The first kappa shape index (κ1) is 21.0. The van der Waals surface area contributed by atoms with Crippen molar-refractivity contribution in [1.82, 2.24) is 9.62 Å². The summed E-state index contributed by atoms with van der Waals surface area (Å²) in [6.07, 6.45) is 0.501. The van der Waals surface area contributed by atoms with Gasteiger partial charge in [0.25, 0.3) is 15.9 Å². The monoisotopic (exact) mass is 463 g/mol. The Morgan fingerprint density at radius 3 is 2.45 bits per heavy atom. The molecule has 0 aromatic heterocycles. The first-order valence-corrected chi connectivity index (χ1v) is 11.9. The Hall–Kier alpha value is -3.85. The fourth-order valence-electron chi connectivity index (χ4n) is 4.23. The highest BCUT2D eigenvalue weighted by Crippen LogP contribution is 2.33. The summed E-state index contributed by atoms with van der Waals surface area (Å²) in [6, 6.07) is 18.7. The van der Waals surface area contributed by atoms with Gasteiger partial charge < -0.3 is 15.3 Å². The summed E-state index contributed by atoms with van der Waals surface area (Å²) in [5.41, 5.74) is 2.63. The molecule has 9 heteroatoms. The average molecular weight is 464 g/mol. The number of nitrogens with zero attached hydrogens (tertiary/aromatic N) is 2. The van der Waals surface area contributed by atoms with Gasteiger partial charge in [-0.3, -0.25) is 4.79 Å². The highest BCUT2D eigenvalue weighted by Gasteiger charge is 2.39. The van der Waals surface area contributed by atoms with Crippen LogP contribution in [0.15, 0.2) is 77.7 Å². The molecule has 33 heavy (non-hydrogen) atoms. The number of benzene rings is 3. The van der Waals surface area contributed by atoms with Crippen LogP contribution in [0.2, 0.25) is 0 Å². The van der Waals surface area contributed by atoms with E-state index in [-0.39, 0.29) is 23.1 Å². The van der Waals surface area contributed by atoms with Gasteiger partial charge in [-0.25, -0.2) is 17.5 Å². The number of urea groups is 1. The Bertz CT molecular complexity index is 1340. The molecule has 0 spiro atoms. The molecule has 1 saturated heterocycles. The molecule has 0 bridgehead atoms.